The maximum atomic E-state index is 12.5. The molecular formula is C59H111NO5. The van der Waals surface area contributed by atoms with E-state index in [0.29, 0.717) is 19.4 Å². The lowest BCUT2D eigenvalue weighted by atomic mass is 10.0. The number of ether oxygens (including phenoxy) is 1. The molecule has 2 unspecified atom stereocenters. The fraction of sp³-hybridized carbons (Fsp3) is 0.864. The number of hydrogen-bond donors (Lipinski definition) is 3. The summed E-state index contributed by atoms with van der Waals surface area (Å²) >= 11 is 0. The first-order chi connectivity index (χ1) is 32.0. The number of nitrogens with one attached hydrogen (secondary N) is 1. The van der Waals surface area contributed by atoms with Crippen molar-refractivity contribution in [2.75, 3.05) is 13.2 Å². The van der Waals surface area contributed by atoms with Crippen molar-refractivity contribution in [2.24, 2.45) is 0 Å². The van der Waals surface area contributed by atoms with Crippen molar-refractivity contribution in [2.45, 2.75) is 315 Å². The molecule has 0 spiro atoms. The van der Waals surface area contributed by atoms with Gasteiger partial charge in [-0.15, -0.1) is 0 Å². The van der Waals surface area contributed by atoms with Gasteiger partial charge in [0.15, 0.2) is 0 Å². The first-order valence-electron chi connectivity index (χ1n) is 28.8. The Kier molecular flexibility index (Phi) is 53.1. The normalized spacial score (nSPS) is 12.9. The van der Waals surface area contributed by atoms with Gasteiger partial charge in [0, 0.05) is 12.8 Å². The molecule has 0 aromatic rings. The van der Waals surface area contributed by atoms with Crippen LogP contribution in [0.5, 0.6) is 0 Å². The summed E-state index contributed by atoms with van der Waals surface area (Å²) in [6.45, 7) is 4.86. The van der Waals surface area contributed by atoms with Crippen LogP contribution in [0.3, 0.4) is 0 Å². The fourth-order valence-corrected chi connectivity index (χ4v) is 8.72. The first-order valence-corrected chi connectivity index (χ1v) is 28.8. The van der Waals surface area contributed by atoms with Crippen LogP contribution < -0.4 is 5.32 Å². The minimum Gasteiger partial charge on any atom is -0.466 e. The second-order valence-corrected chi connectivity index (χ2v) is 19.6. The zero-order valence-corrected chi connectivity index (χ0v) is 43.5. The molecule has 0 aliphatic carbocycles. The number of hydrogen-bond acceptors (Lipinski definition) is 5. The first kappa shape index (κ1) is 63.1. The third-order valence-electron chi connectivity index (χ3n) is 13.2. The van der Waals surface area contributed by atoms with Gasteiger partial charge in [-0.05, 0) is 64.2 Å². The summed E-state index contributed by atoms with van der Waals surface area (Å²) in [7, 11) is 0. The third kappa shape index (κ3) is 51.3. The molecule has 0 radical (unpaired) electrons. The van der Waals surface area contributed by atoms with Gasteiger partial charge in [0.05, 0.1) is 25.4 Å². The fourth-order valence-electron chi connectivity index (χ4n) is 8.72. The predicted octanol–water partition coefficient (Wildman–Crippen LogP) is 17.6. The van der Waals surface area contributed by atoms with Crippen LogP contribution in [-0.2, 0) is 14.3 Å². The molecular weight excluding hydrogens is 803 g/mol. The molecule has 0 aliphatic heterocycles. The van der Waals surface area contributed by atoms with E-state index in [9.17, 15) is 19.8 Å². The summed E-state index contributed by atoms with van der Waals surface area (Å²) < 4.78 is 5.46. The second-order valence-electron chi connectivity index (χ2n) is 19.6. The molecule has 0 rings (SSSR count). The highest BCUT2D eigenvalue weighted by molar-refractivity contribution is 5.76. The van der Waals surface area contributed by atoms with Crippen molar-refractivity contribution in [1.29, 1.82) is 0 Å². The molecule has 382 valence electrons. The largest absolute Gasteiger partial charge is 0.466 e. The minimum atomic E-state index is -0.856. The zero-order chi connectivity index (χ0) is 47.2. The average molecular weight is 915 g/mol. The number of allylic oxidation sites excluding steroid dienone is 5. The SMILES string of the molecule is CCCCCC/C=C\C/C=C\CCCCCCCC(=O)OCCCCCCCCCCCCCCC(=O)NC(CO)C(O)/C=C/CCCCCCCCCCCCCCCCCCCC. The minimum absolute atomic E-state index is 0.0241. The molecule has 0 fully saturated rings. The molecule has 0 saturated heterocycles. The summed E-state index contributed by atoms with van der Waals surface area (Å²) in [5.41, 5.74) is 0. The number of carbonyl (C=O) groups is 2. The van der Waals surface area contributed by atoms with E-state index in [1.54, 1.807) is 6.08 Å². The van der Waals surface area contributed by atoms with Gasteiger partial charge in [-0.3, -0.25) is 9.59 Å². The molecule has 2 atom stereocenters. The monoisotopic (exact) mass is 914 g/mol. The third-order valence-corrected chi connectivity index (χ3v) is 13.2. The molecule has 0 aromatic carbocycles. The molecule has 6 nitrogen and oxygen atoms in total. The highest BCUT2D eigenvalue weighted by Crippen LogP contribution is 2.16. The lowest BCUT2D eigenvalue weighted by Crippen LogP contribution is -2.45. The molecule has 0 bridgehead atoms. The van der Waals surface area contributed by atoms with E-state index >= 15 is 0 Å². The van der Waals surface area contributed by atoms with Gasteiger partial charge < -0.3 is 20.3 Å². The van der Waals surface area contributed by atoms with Crippen molar-refractivity contribution in [1.82, 2.24) is 5.32 Å². The number of esters is 1. The number of rotatable bonds is 53. The standard InChI is InChI=1S/C59H111NO5/c1-3-5-7-9-11-13-15-17-19-21-22-23-24-25-27-31-35-39-43-47-51-57(62)56(55-61)60-58(63)52-48-44-40-36-32-29-30-34-38-42-46-50-54-65-59(64)53-49-45-41-37-33-28-26-20-18-16-14-12-10-8-6-4-2/h14,16,20,26,47,51,56-57,61-62H,3-13,15,17-19,21-25,27-46,48-50,52-55H2,1-2H3,(H,60,63)/b16-14-,26-20-,51-47+. The van der Waals surface area contributed by atoms with Crippen LogP contribution in [-0.4, -0.2) is 47.4 Å². The lowest BCUT2D eigenvalue weighted by Gasteiger charge is -2.20. The number of aliphatic hydroxyl groups excluding tert-OH is 2. The van der Waals surface area contributed by atoms with Crippen molar-refractivity contribution < 1.29 is 24.5 Å². The number of unbranched alkanes of at least 4 members (excludes halogenated alkanes) is 38. The zero-order valence-electron chi connectivity index (χ0n) is 43.5. The molecule has 1 amide bonds. The molecule has 6 heteroatoms. The van der Waals surface area contributed by atoms with Crippen LogP contribution in [0.2, 0.25) is 0 Å². The van der Waals surface area contributed by atoms with Crippen LogP contribution in [0.25, 0.3) is 0 Å². The van der Waals surface area contributed by atoms with E-state index in [0.717, 1.165) is 70.6 Å². The van der Waals surface area contributed by atoms with Crippen molar-refractivity contribution in [3.05, 3.63) is 36.5 Å². The maximum absolute atomic E-state index is 12.5. The Morgan fingerprint density at radius 2 is 0.769 bits per heavy atom. The smallest absolute Gasteiger partial charge is 0.305 e. The van der Waals surface area contributed by atoms with E-state index in [-0.39, 0.29) is 18.5 Å². The van der Waals surface area contributed by atoms with E-state index in [4.69, 9.17) is 4.74 Å². The Bertz CT molecular complexity index is 1060. The van der Waals surface area contributed by atoms with Gasteiger partial charge in [-0.2, -0.15) is 0 Å². The van der Waals surface area contributed by atoms with Crippen LogP contribution in [0.4, 0.5) is 0 Å². The molecule has 0 saturated carbocycles. The van der Waals surface area contributed by atoms with Gasteiger partial charge in [-0.25, -0.2) is 0 Å². The summed E-state index contributed by atoms with van der Waals surface area (Å²) in [5, 5.41) is 23.2. The summed E-state index contributed by atoms with van der Waals surface area (Å²) in [6, 6.07) is -0.641. The lowest BCUT2D eigenvalue weighted by molar-refractivity contribution is -0.143. The van der Waals surface area contributed by atoms with Gasteiger partial charge >= 0.3 is 5.97 Å². The van der Waals surface area contributed by atoms with Crippen LogP contribution in [0.1, 0.15) is 303 Å². The second kappa shape index (κ2) is 54.7. The molecule has 0 heterocycles. The van der Waals surface area contributed by atoms with Crippen LogP contribution in [0, 0.1) is 0 Å². The highest BCUT2D eigenvalue weighted by atomic mass is 16.5. The Balaban J connectivity index is 3.50. The van der Waals surface area contributed by atoms with E-state index in [1.165, 1.54) is 205 Å². The summed E-state index contributed by atoms with van der Waals surface area (Å²) in [4.78, 5) is 24.5. The topological polar surface area (TPSA) is 95.9 Å². The maximum Gasteiger partial charge on any atom is 0.305 e. The predicted molar refractivity (Wildman–Crippen MR) is 283 cm³/mol. The highest BCUT2D eigenvalue weighted by Gasteiger charge is 2.18. The Morgan fingerprint density at radius 3 is 1.18 bits per heavy atom. The molecule has 0 aliphatic rings. The van der Waals surface area contributed by atoms with Crippen molar-refractivity contribution in [3.8, 4) is 0 Å². The van der Waals surface area contributed by atoms with E-state index in [1.807, 2.05) is 6.08 Å². The number of carbonyl (C=O) groups excluding carboxylic acids is 2. The van der Waals surface area contributed by atoms with Crippen molar-refractivity contribution in [3.63, 3.8) is 0 Å². The Morgan fingerprint density at radius 1 is 0.431 bits per heavy atom. The van der Waals surface area contributed by atoms with Gasteiger partial charge in [0.1, 0.15) is 0 Å². The van der Waals surface area contributed by atoms with Crippen molar-refractivity contribution >= 4 is 11.9 Å². The summed E-state index contributed by atoms with van der Waals surface area (Å²) in [6.07, 6.45) is 67.2. The summed E-state index contributed by atoms with van der Waals surface area (Å²) in [5.74, 6) is -0.107. The van der Waals surface area contributed by atoms with Gasteiger partial charge in [-0.1, -0.05) is 262 Å². The molecule has 3 N–H and O–H groups in total. The Labute approximate surface area is 404 Å². The Hall–Kier alpha value is -1.92. The molecule has 65 heavy (non-hydrogen) atoms. The van der Waals surface area contributed by atoms with Gasteiger partial charge in [0.2, 0.25) is 5.91 Å². The van der Waals surface area contributed by atoms with E-state index < -0.39 is 12.1 Å². The number of aliphatic hydroxyl groups is 2. The number of amides is 1. The van der Waals surface area contributed by atoms with Crippen LogP contribution >= 0.6 is 0 Å². The average Bonchev–Trinajstić information content (AvgIpc) is 3.31. The van der Waals surface area contributed by atoms with Crippen LogP contribution in [0.15, 0.2) is 36.5 Å². The van der Waals surface area contributed by atoms with E-state index in [2.05, 4.69) is 43.5 Å². The molecule has 0 aromatic heterocycles. The van der Waals surface area contributed by atoms with Gasteiger partial charge in [0.25, 0.3) is 0 Å². The quantitative estimate of drug-likeness (QED) is 0.0321.